The SMILES string of the molecule is COc1cc2[nH]cc(CC(=O)NCc3cccc(C)c3)c2c(OC)c1OC. The van der Waals surface area contributed by atoms with Gasteiger partial charge in [-0.1, -0.05) is 29.8 Å². The average Bonchev–Trinajstić information content (AvgIpc) is 3.07. The van der Waals surface area contributed by atoms with Crippen molar-refractivity contribution in [1.82, 2.24) is 10.3 Å². The number of aromatic nitrogens is 1. The maximum absolute atomic E-state index is 12.5. The van der Waals surface area contributed by atoms with E-state index in [0.717, 1.165) is 22.0 Å². The molecule has 0 atom stereocenters. The van der Waals surface area contributed by atoms with E-state index in [0.29, 0.717) is 23.8 Å². The molecule has 2 aromatic carbocycles. The summed E-state index contributed by atoms with van der Waals surface area (Å²) in [6.45, 7) is 2.53. The van der Waals surface area contributed by atoms with Crippen LogP contribution in [0.15, 0.2) is 36.5 Å². The molecule has 0 aliphatic carbocycles. The molecule has 0 spiro atoms. The molecule has 3 aromatic rings. The van der Waals surface area contributed by atoms with E-state index in [9.17, 15) is 4.79 Å². The second-order valence-corrected chi connectivity index (χ2v) is 6.32. The van der Waals surface area contributed by atoms with Gasteiger partial charge in [-0.25, -0.2) is 0 Å². The normalized spacial score (nSPS) is 10.7. The third-order valence-corrected chi connectivity index (χ3v) is 4.48. The van der Waals surface area contributed by atoms with E-state index in [1.165, 1.54) is 5.56 Å². The number of aryl methyl sites for hydroxylation is 1. The fraction of sp³-hybridized carbons (Fsp3) is 0.286. The summed E-state index contributed by atoms with van der Waals surface area (Å²) in [5.41, 5.74) is 3.91. The third kappa shape index (κ3) is 3.84. The first-order valence-electron chi connectivity index (χ1n) is 8.68. The molecule has 0 aliphatic heterocycles. The van der Waals surface area contributed by atoms with Gasteiger partial charge in [0.1, 0.15) is 0 Å². The van der Waals surface area contributed by atoms with Gasteiger partial charge in [0, 0.05) is 24.2 Å². The van der Waals surface area contributed by atoms with E-state index in [2.05, 4.69) is 16.4 Å². The fourth-order valence-corrected chi connectivity index (χ4v) is 3.22. The van der Waals surface area contributed by atoms with Crippen molar-refractivity contribution in [2.45, 2.75) is 19.9 Å². The van der Waals surface area contributed by atoms with Gasteiger partial charge < -0.3 is 24.5 Å². The van der Waals surface area contributed by atoms with Gasteiger partial charge in [0.2, 0.25) is 11.7 Å². The molecule has 1 heterocycles. The summed E-state index contributed by atoms with van der Waals surface area (Å²) in [6, 6.07) is 9.92. The minimum Gasteiger partial charge on any atom is -0.493 e. The second kappa shape index (κ2) is 8.03. The lowest BCUT2D eigenvalue weighted by molar-refractivity contribution is -0.120. The average molecular weight is 368 g/mol. The predicted octanol–water partition coefficient (Wildman–Crippen LogP) is 3.36. The summed E-state index contributed by atoms with van der Waals surface area (Å²) in [5.74, 6) is 1.57. The topological polar surface area (TPSA) is 72.6 Å². The van der Waals surface area contributed by atoms with Crippen molar-refractivity contribution < 1.29 is 19.0 Å². The maximum Gasteiger partial charge on any atom is 0.224 e. The molecule has 0 aliphatic rings. The number of fused-ring (bicyclic) bond motifs is 1. The summed E-state index contributed by atoms with van der Waals surface area (Å²) in [4.78, 5) is 15.6. The zero-order valence-electron chi connectivity index (χ0n) is 16.0. The van der Waals surface area contributed by atoms with Crippen LogP contribution in [0.5, 0.6) is 17.2 Å². The smallest absolute Gasteiger partial charge is 0.224 e. The first kappa shape index (κ1) is 18.6. The van der Waals surface area contributed by atoms with Gasteiger partial charge >= 0.3 is 0 Å². The monoisotopic (exact) mass is 368 g/mol. The van der Waals surface area contributed by atoms with E-state index in [1.807, 2.05) is 37.4 Å². The minimum absolute atomic E-state index is 0.0609. The Kier molecular flexibility index (Phi) is 5.54. The number of aromatic amines is 1. The van der Waals surface area contributed by atoms with Crippen molar-refractivity contribution in [1.29, 1.82) is 0 Å². The molecule has 1 aromatic heterocycles. The number of hydrogen-bond acceptors (Lipinski definition) is 4. The number of amides is 1. The van der Waals surface area contributed by atoms with Gasteiger partial charge in [-0.05, 0) is 18.1 Å². The van der Waals surface area contributed by atoms with Crippen LogP contribution in [0.25, 0.3) is 10.9 Å². The summed E-state index contributed by atoms with van der Waals surface area (Å²) in [5, 5.41) is 3.79. The predicted molar refractivity (Wildman–Crippen MR) is 105 cm³/mol. The Bertz CT molecular complexity index is 962. The van der Waals surface area contributed by atoms with E-state index in [-0.39, 0.29) is 12.3 Å². The van der Waals surface area contributed by atoms with Crippen molar-refractivity contribution in [2.75, 3.05) is 21.3 Å². The highest BCUT2D eigenvalue weighted by Crippen LogP contribution is 2.44. The number of methoxy groups -OCH3 is 3. The van der Waals surface area contributed by atoms with Gasteiger partial charge in [0.15, 0.2) is 11.5 Å². The lowest BCUT2D eigenvalue weighted by atomic mass is 10.1. The Balaban J connectivity index is 1.83. The highest BCUT2D eigenvalue weighted by Gasteiger charge is 2.20. The Morgan fingerprint density at radius 1 is 1.07 bits per heavy atom. The Hall–Kier alpha value is -3.15. The number of carbonyl (C=O) groups excluding carboxylic acids is 1. The van der Waals surface area contributed by atoms with Crippen LogP contribution in [0.2, 0.25) is 0 Å². The van der Waals surface area contributed by atoms with Crippen LogP contribution in [0.4, 0.5) is 0 Å². The molecule has 0 bridgehead atoms. The number of hydrogen-bond donors (Lipinski definition) is 2. The number of carbonyl (C=O) groups is 1. The van der Waals surface area contributed by atoms with Crippen LogP contribution >= 0.6 is 0 Å². The maximum atomic E-state index is 12.5. The molecule has 0 radical (unpaired) electrons. The first-order valence-corrected chi connectivity index (χ1v) is 8.68. The Labute approximate surface area is 158 Å². The van der Waals surface area contributed by atoms with Crippen molar-refractivity contribution >= 4 is 16.8 Å². The highest BCUT2D eigenvalue weighted by molar-refractivity contribution is 5.96. The molecule has 6 nitrogen and oxygen atoms in total. The molecule has 3 rings (SSSR count). The van der Waals surface area contributed by atoms with Crippen LogP contribution < -0.4 is 19.5 Å². The molecule has 6 heteroatoms. The number of rotatable bonds is 7. The molecule has 27 heavy (non-hydrogen) atoms. The molecule has 0 saturated carbocycles. The molecule has 2 N–H and O–H groups in total. The summed E-state index contributed by atoms with van der Waals surface area (Å²) < 4.78 is 16.4. The van der Waals surface area contributed by atoms with Crippen molar-refractivity contribution in [3.05, 3.63) is 53.2 Å². The zero-order chi connectivity index (χ0) is 19.4. The van der Waals surface area contributed by atoms with E-state index in [4.69, 9.17) is 14.2 Å². The van der Waals surface area contributed by atoms with Gasteiger partial charge in [-0.2, -0.15) is 0 Å². The lowest BCUT2D eigenvalue weighted by Crippen LogP contribution is -2.24. The Morgan fingerprint density at radius 2 is 1.85 bits per heavy atom. The number of benzene rings is 2. The van der Waals surface area contributed by atoms with Crippen molar-refractivity contribution in [2.24, 2.45) is 0 Å². The van der Waals surface area contributed by atoms with Gasteiger partial charge in [0.05, 0.1) is 33.3 Å². The summed E-state index contributed by atoms with van der Waals surface area (Å²) in [6.07, 6.45) is 2.05. The van der Waals surface area contributed by atoms with Gasteiger partial charge in [0.25, 0.3) is 0 Å². The van der Waals surface area contributed by atoms with Crippen LogP contribution in [0, 0.1) is 6.92 Å². The lowest BCUT2D eigenvalue weighted by Gasteiger charge is -2.14. The largest absolute Gasteiger partial charge is 0.493 e. The molecule has 0 unspecified atom stereocenters. The summed E-state index contributed by atoms with van der Waals surface area (Å²) >= 11 is 0. The third-order valence-electron chi connectivity index (χ3n) is 4.48. The van der Waals surface area contributed by atoms with Crippen molar-refractivity contribution in [3.8, 4) is 17.2 Å². The van der Waals surface area contributed by atoms with Crippen LogP contribution in [-0.4, -0.2) is 32.2 Å². The minimum atomic E-state index is -0.0609. The Morgan fingerprint density at radius 3 is 2.52 bits per heavy atom. The summed E-state index contributed by atoms with van der Waals surface area (Å²) in [7, 11) is 4.71. The van der Waals surface area contributed by atoms with E-state index < -0.39 is 0 Å². The first-order chi connectivity index (χ1) is 13.1. The molecular formula is C21H24N2O4. The molecule has 1 amide bonds. The molecule has 142 valence electrons. The van der Waals surface area contributed by atoms with Gasteiger partial charge in [-0.15, -0.1) is 0 Å². The van der Waals surface area contributed by atoms with Gasteiger partial charge in [-0.3, -0.25) is 4.79 Å². The van der Waals surface area contributed by atoms with E-state index in [1.54, 1.807) is 21.3 Å². The fourth-order valence-electron chi connectivity index (χ4n) is 3.22. The quantitative estimate of drug-likeness (QED) is 0.671. The number of H-pyrrole nitrogens is 1. The zero-order valence-corrected chi connectivity index (χ0v) is 16.0. The standard InChI is InChI=1S/C21H24N2O4/c1-13-6-5-7-14(8-13)11-23-18(24)9-15-12-22-16-10-17(25-2)20(26-3)21(27-4)19(15)16/h5-8,10,12,22H,9,11H2,1-4H3,(H,23,24). The number of nitrogens with one attached hydrogen (secondary N) is 2. The van der Waals surface area contributed by atoms with Crippen LogP contribution in [0.3, 0.4) is 0 Å². The van der Waals surface area contributed by atoms with Crippen LogP contribution in [0.1, 0.15) is 16.7 Å². The second-order valence-electron chi connectivity index (χ2n) is 6.32. The molecular weight excluding hydrogens is 344 g/mol. The molecule has 0 saturated heterocycles. The van der Waals surface area contributed by atoms with Crippen molar-refractivity contribution in [3.63, 3.8) is 0 Å². The highest BCUT2D eigenvalue weighted by atomic mass is 16.5. The van der Waals surface area contributed by atoms with Crippen LogP contribution in [-0.2, 0) is 17.8 Å². The number of ether oxygens (including phenoxy) is 3. The van der Waals surface area contributed by atoms with E-state index >= 15 is 0 Å². The molecule has 0 fully saturated rings.